The minimum atomic E-state index is -1.30. The van der Waals surface area contributed by atoms with Crippen molar-refractivity contribution < 1.29 is 14.3 Å². The van der Waals surface area contributed by atoms with Gasteiger partial charge in [-0.15, -0.1) is 0 Å². The Morgan fingerprint density at radius 3 is 2.41 bits per heavy atom. The number of carbonyl (C=O) groups is 1. The van der Waals surface area contributed by atoms with E-state index in [4.69, 9.17) is 5.11 Å². The van der Waals surface area contributed by atoms with Gasteiger partial charge in [0, 0.05) is 10.9 Å². The molecule has 1 N–H and O–H groups in total. The van der Waals surface area contributed by atoms with Crippen molar-refractivity contribution in [2.24, 2.45) is 0 Å². The van der Waals surface area contributed by atoms with Gasteiger partial charge in [0.15, 0.2) is 0 Å². The standard InChI is InChI=1S/C13H14FNO2/c1-13(2,3)10-8-6-4-5-7-9(8)15(11(10)14)12(16)17/h4-7H,1-3H3,(H,16,17). The number of para-hydroxylation sites is 1. The van der Waals surface area contributed by atoms with Crippen LogP contribution in [0.3, 0.4) is 0 Å². The molecule has 3 nitrogen and oxygen atoms in total. The van der Waals surface area contributed by atoms with Gasteiger partial charge in [-0.05, 0) is 11.5 Å². The van der Waals surface area contributed by atoms with E-state index >= 15 is 0 Å². The van der Waals surface area contributed by atoms with Gasteiger partial charge in [-0.1, -0.05) is 39.0 Å². The maximum Gasteiger partial charge on any atom is 0.418 e. The lowest BCUT2D eigenvalue weighted by molar-refractivity contribution is 0.193. The highest BCUT2D eigenvalue weighted by Gasteiger charge is 2.28. The lowest BCUT2D eigenvalue weighted by Crippen LogP contribution is -2.16. The summed E-state index contributed by atoms with van der Waals surface area (Å²) in [6, 6.07) is 6.84. The molecule has 0 fully saturated rings. The molecule has 1 aromatic heterocycles. The molecule has 1 aromatic carbocycles. The molecule has 4 heteroatoms. The SMILES string of the molecule is CC(C)(C)c1c(F)n(C(=O)O)c2ccccc12. The van der Waals surface area contributed by atoms with Crippen LogP contribution in [0.25, 0.3) is 10.9 Å². The lowest BCUT2D eigenvalue weighted by atomic mass is 9.86. The van der Waals surface area contributed by atoms with Crippen molar-refractivity contribution in [2.75, 3.05) is 0 Å². The van der Waals surface area contributed by atoms with Gasteiger partial charge >= 0.3 is 6.09 Å². The summed E-state index contributed by atoms with van der Waals surface area (Å²) >= 11 is 0. The van der Waals surface area contributed by atoms with Crippen LogP contribution in [0.4, 0.5) is 9.18 Å². The van der Waals surface area contributed by atoms with Crippen LogP contribution in [0.15, 0.2) is 24.3 Å². The maximum atomic E-state index is 14.2. The fourth-order valence-electron chi connectivity index (χ4n) is 2.11. The molecule has 0 bridgehead atoms. The average molecular weight is 235 g/mol. The monoisotopic (exact) mass is 235 g/mol. The van der Waals surface area contributed by atoms with Gasteiger partial charge in [0.25, 0.3) is 0 Å². The number of aromatic nitrogens is 1. The predicted octanol–water partition coefficient (Wildman–Crippen LogP) is 3.60. The predicted molar refractivity (Wildman–Crippen MR) is 64.0 cm³/mol. The maximum absolute atomic E-state index is 14.2. The van der Waals surface area contributed by atoms with E-state index in [-0.39, 0.29) is 0 Å². The summed E-state index contributed by atoms with van der Waals surface area (Å²) in [5.74, 6) is -0.689. The van der Waals surface area contributed by atoms with E-state index in [0.717, 1.165) is 0 Å². The van der Waals surface area contributed by atoms with Gasteiger partial charge in [0.1, 0.15) is 0 Å². The first-order valence-corrected chi connectivity index (χ1v) is 5.36. The molecule has 0 amide bonds. The summed E-state index contributed by atoms with van der Waals surface area (Å²) in [6.45, 7) is 5.60. The fourth-order valence-corrected chi connectivity index (χ4v) is 2.11. The summed E-state index contributed by atoms with van der Waals surface area (Å²) < 4.78 is 14.9. The molecule has 0 atom stereocenters. The molecular formula is C13H14FNO2. The number of hydrogen-bond acceptors (Lipinski definition) is 1. The molecule has 1 heterocycles. The molecule has 0 unspecified atom stereocenters. The van der Waals surface area contributed by atoms with Gasteiger partial charge in [-0.2, -0.15) is 4.39 Å². The second-order valence-corrected chi connectivity index (χ2v) is 5.05. The van der Waals surface area contributed by atoms with Crippen molar-refractivity contribution in [3.63, 3.8) is 0 Å². The van der Waals surface area contributed by atoms with E-state index in [0.29, 0.717) is 21.0 Å². The van der Waals surface area contributed by atoms with Crippen molar-refractivity contribution in [3.8, 4) is 0 Å². The zero-order valence-electron chi connectivity index (χ0n) is 9.99. The van der Waals surface area contributed by atoms with Crippen LogP contribution in [0.1, 0.15) is 26.3 Å². The summed E-state index contributed by atoms with van der Waals surface area (Å²) in [5.41, 5.74) is 0.391. The average Bonchev–Trinajstić information content (AvgIpc) is 2.48. The third-order valence-corrected chi connectivity index (χ3v) is 2.76. The Morgan fingerprint density at radius 1 is 1.29 bits per heavy atom. The fraction of sp³-hybridized carbons (Fsp3) is 0.308. The molecule has 0 aliphatic heterocycles. The Morgan fingerprint density at radius 2 is 1.88 bits per heavy atom. The van der Waals surface area contributed by atoms with Crippen molar-refractivity contribution in [1.29, 1.82) is 0 Å². The molecular weight excluding hydrogens is 221 g/mol. The van der Waals surface area contributed by atoms with E-state index in [1.807, 2.05) is 20.8 Å². The number of benzene rings is 1. The second-order valence-electron chi connectivity index (χ2n) is 5.05. The quantitative estimate of drug-likeness (QED) is 0.758. The molecule has 0 radical (unpaired) electrons. The van der Waals surface area contributed by atoms with Crippen LogP contribution < -0.4 is 0 Å². The topological polar surface area (TPSA) is 42.2 Å². The van der Waals surface area contributed by atoms with Crippen LogP contribution in [-0.2, 0) is 5.41 Å². The van der Waals surface area contributed by atoms with Crippen molar-refractivity contribution in [3.05, 3.63) is 35.8 Å². The largest absolute Gasteiger partial charge is 0.464 e. The van der Waals surface area contributed by atoms with Crippen molar-refractivity contribution >= 4 is 17.0 Å². The molecule has 2 aromatic rings. The molecule has 2 rings (SSSR count). The highest BCUT2D eigenvalue weighted by atomic mass is 19.1. The number of halogens is 1. The third-order valence-electron chi connectivity index (χ3n) is 2.76. The van der Waals surface area contributed by atoms with Crippen LogP contribution in [0.5, 0.6) is 0 Å². The molecule has 0 spiro atoms. The van der Waals surface area contributed by atoms with Crippen molar-refractivity contribution in [2.45, 2.75) is 26.2 Å². The van der Waals surface area contributed by atoms with Gasteiger partial charge in [0.2, 0.25) is 5.95 Å². The summed E-state index contributed by atoms with van der Waals surface area (Å²) in [5, 5.41) is 9.72. The lowest BCUT2D eigenvalue weighted by Gasteiger charge is -2.17. The van der Waals surface area contributed by atoms with Gasteiger partial charge in [0.05, 0.1) is 5.52 Å². The highest BCUT2D eigenvalue weighted by molar-refractivity contribution is 5.92. The van der Waals surface area contributed by atoms with E-state index in [2.05, 4.69) is 0 Å². The van der Waals surface area contributed by atoms with Crippen LogP contribution in [0, 0.1) is 5.95 Å². The Hall–Kier alpha value is -1.84. The van der Waals surface area contributed by atoms with Gasteiger partial charge in [-0.25, -0.2) is 9.36 Å². The van der Waals surface area contributed by atoms with E-state index in [9.17, 15) is 9.18 Å². The number of hydrogen-bond donors (Lipinski definition) is 1. The Balaban J connectivity index is 2.95. The smallest absolute Gasteiger partial charge is 0.418 e. The van der Waals surface area contributed by atoms with Gasteiger partial charge < -0.3 is 5.11 Å². The summed E-state index contributed by atoms with van der Waals surface area (Å²) in [4.78, 5) is 11.1. The van der Waals surface area contributed by atoms with E-state index < -0.39 is 17.5 Å². The summed E-state index contributed by atoms with van der Waals surface area (Å²) in [7, 11) is 0. The number of carboxylic acid groups (broad SMARTS) is 1. The molecule has 17 heavy (non-hydrogen) atoms. The molecule has 90 valence electrons. The first-order chi connectivity index (χ1) is 7.84. The number of rotatable bonds is 0. The second kappa shape index (κ2) is 3.58. The highest BCUT2D eigenvalue weighted by Crippen LogP contribution is 2.34. The zero-order valence-corrected chi connectivity index (χ0v) is 9.99. The molecule has 0 aliphatic carbocycles. The van der Waals surface area contributed by atoms with Crippen LogP contribution >= 0.6 is 0 Å². The normalized spacial score (nSPS) is 12.0. The van der Waals surface area contributed by atoms with E-state index in [1.54, 1.807) is 24.3 Å². The Kier molecular flexibility index (Phi) is 2.45. The van der Waals surface area contributed by atoms with Crippen LogP contribution in [0.2, 0.25) is 0 Å². The Bertz CT molecular complexity index is 593. The van der Waals surface area contributed by atoms with Crippen molar-refractivity contribution in [1.82, 2.24) is 4.57 Å². The first kappa shape index (κ1) is 11.6. The summed E-state index contributed by atoms with van der Waals surface area (Å²) in [6.07, 6.45) is -1.30. The Labute approximate surface area is 98.5 Å². The van der Waals surface area contributed by atoms with Gasteiger partial charge in [-0.3, -0.25) is 0 Å². The molecule has 0 saturated carbocycles. The van der Waals surface area contributed by atoms with E-state index in [1.165, 1.54) is 0 Å². The molecule has 0 aliphatic rings. The minimum Gasteiger partial charge on any atom is -0.464 e. The third kappa shape index (κ3) is 1.69. The minimum absolute atomic E-state index is 0.391. The first-order valence-electron chi connectivity index (χ1n) is 5.36. The van der Waals surface area contributed by atoms with Crippen LogP contribution in [-0.4, -0.2) is 15.8 Å². The number of nitrogens with zero attached hydrogens (tertiary/aromatic N) is 1. The zero-order chi connectivity index (χ0) is 12.8. The molecule has 0 saturated heterocycles. The number of fused-ring (bicyclic) bond motifs is 1.